The van der Waals surface area contributed by atoms with Crippen molar-refractivity contribution in [3.63, 3.8) is 0 Å². The third-order valence-corrected chi connectivity index (χ3v) is 5.10. The second-order valence-electron chi connectivity index (χ2n) is 6.63. The van der Waals surface area contributed by atoms with Crippen molar-refractivity contribution in [2.45, 2.75) is 96.3 Å². The van der Waals surface area contributed by atoms with Gasteiger partial charge in [0.15, 0.2) is 0 Å². The standard InChI is InChI=1S/C17H35NOS/c1-6-8-9-10-11-12-13-15-16(14-7-2)18-20(19)17(3,4)5/h7,16,18H,2,6,8-15H2,1,3-5H3/t16-,20?/m0/s1. The Morgan fingerprint density at radius 2 is 1.65 bits per heavy atom. The van der Waals surface area contributed by atoms with Crippen molar-refractivity contribution < 1.29 is 4.21 Å². The Kier molecular flexibility index (Phi) is 11.4. The number of hydrogen-bond acceptors (Lipinski definition) is 1. The molecule has 1 unspecified atom stereocenters. The van der Waals surface area contributed by atoms with Gasteiger partial charge in [-0.1, -0.05) is 57.9 Å². The summed E-state index contributed by atoms with van der Waals surface area (Å²) in [6.07, 6.45) is 13.2. The summed E-state index contributed by atoms with van der Waals surface area (Å²) in [4.78, 5) is 0. The topological polar surface area (TPSA) is 29.1 Å². The third-order valence-electron chi connectivity index (χ3n) is 3.44. The Bertz CT molecular complexity index is 271. The van der Waals surface area contributed by atoms with E-state index in [1.54, 1.807) is 0 Å². The highest BCUT2D eigenvalue weighted by Gasteiger charge is 2.21. The van der Waals surface area contributed by atoms with Crippen LogP contribution in [0.5, 0.6) is 0 Å². The molecule has 0 aliphatic heterocycles. The van der Waals surface area contributed by atoms with Crippen LogP contribution in [0.2, 0.25) is 0 Å². The summed E-state index contributed by atoms with van der Waals surface area (Å²) in [7, 11) is -0.978. The van der Waals surface area contributed by atoms with Gasteiger partial charge in [-0.3, -0.25) is 0 Å². The lowest BCUT2D eigenvalue weighted by molar-refractivity contribution is 0.505. The van der Waals surface area contributed by atoms with E-state index in [1.165, 1.54) is 44.9 Å². The molecule has 0 fully saturated rings. The van der Waals surface area contributed by atoms with E-state index in [-0.39, 0.29) is 4.75 Å². The summed E-state index contributed by atoms with van der Waals surface area (Å²) in [5.41, 5.74) is 0. The van der Waals surface area contributed by atoms with Crippen molar-refractivity contribution in [3.05, 3.63) is 12.7 Å². The highest BCUT2D eigenvalue weighted by atomic mass is 32.2. The van der Waals surface area contributed by atoms with Crippen LogP contribution in [0.3, 0.4) is 0 Å². The maximum Gasteiger partial charge on any atom is 0.0972 e. The maximum atomic E-state index is 12.1. The molecule has 0 saturated heterocycles. The smallest absolute Gasteiger partial charge is 0.0972 e. The molecule has 2 atom stereocenters. The molecule has 0 bridgehead atoms. The first-order valence-electron chi connectivity index (χ1n) is 8.20. The lowest BCUT2D eigenvalue weighted by Crippen LogP contribution is -2.39. The molecule has 0 aromatic heterocycles. The molecule has 2 nitrogen and oxygen atoms in total. The van der Waals surface area contributed by atoms with Gasteiger partial charge in [0.25, 0.3) is 0 Å². The molecule has 0 aliphatic carbocycles. The van der Waals surface area contributed by atoms with Gasteiger partial charge in [-0.25, -0.2) is 8.93 Å². The number of nitrogens with one attached hydrogen (secondary N) is 1. The molecule has 0 saturated carbocycles. The molecule has 0 aliphatic rings. The SMILES string of the molecule is C=CC[C@@H](CCCCCCCCC)NS(=O)C(C)(C)C. The van der Waals surface area contributed by atoms with Gasteiger partial charge in [0.05, 0.1) is 15.7 Å². The van der Waals surface area contributed by atoms with E-state index >= 15 is 0 Å². The summed E-state index contributed by atoms with van der Waals surface area (Å²) in [6, 6.07) is 0.309. The largest absolute Gasteiger partial charge is 0.242 e. The monoisotopic (exact) mass is 301 g/mol. The van der Waals surface area contributed by atoms with Gasteiger partial charge in [0.2, 0.25) is 0 Å². The van der Waals surface area contributed by atoms with Gasteiger partial charge < -0.3 is 0 Å². The van der Waals surface area contributed by atoms with Gasteiger partial charge in [0, 0.05) is 6.04 Å². The van der Waals surface area contributed by atoms with Crippen molar-refractivity contribution in [2.24, 2.45) is 0 Å². The molecular weight excluding hydrogens is 266 g/mol. The molecule has 0 heterocycles. The fourth-order valence-corrected chi connectivity index (χ4v) is 2.97. The van der Waals surface area contributed by atoms with Crippen LogP contribution >= 0.6 is 0 Å². The number of hydrogen-bond donors (Lipinski definition) is 1. The zero-order chi connectivity index (χ0) is 15.4. The Labute approximate surface area is 129 Å². The van der Waals surface area contributed by atoms with Crippen LogP contribution in [0, 0.1) is 0 Å². The van der Waals surface area contributed by atoms with Gasteiger partial charge in [-0.15, -0.1) is 6.58 Å². The quantitative estimate of drug-likeness (QED) is 0.393. The van der Waals surface area contributed by atoms with Crippen molar-refractivity contribution in [3.8, 4) is 0 Å². The van der Waals surface area contributed by atoms with Crippen molar-refractivity contribution in [1.82, 2.24) is 4.72 Å². The molecule has 3 heteroatoms. The van der Waals surface area contributed by atoms with Crippen molar-refractivity contribution in [1.29, 1.82) is 0 Å². The van der Waals surface area contributed by atoms with Crippen LogP contribution in [-0.2, 0) is 11.0 Å². The van der Waals surface area contributed by atoms with E-state index in [4.69, 9.17) is 0 Å². The Morgan fingerprint density at radius 3 is 2.15 bits per heavy atom. The van der Waals surface area contributed by atoms with Gasteiger partial charge in [0.1, 0.15) is 0 Å². The Balaban J connectivity index is 3.86. The molecule has 0 amide bonds. The summed E-state index contributed by atoms with van der Waals surface area (Å²) in [6.45, 7) is 12.1. The number of rotatable bonds is 12. The van der Waals surface area contributed by atoms with E-state index in [1.807, 2.05) is 26.8 Å². The third kappa shape index (κ3) is 10.6. The predicted molar refractivity (Wildman–Crippen MR) is 92.2 cm³/mol. The summed E-state index contributed by atoms with van der Waals surface area (Å²) in [5, 5.41) is 0. The molecular formula is C17H35NOS. The molecule has 20 heavy (non-hydrogen) atoms. The van der Waals surface area contributed by atoms with Gasteiger partial charge >= 0.3 is 0 Å². The fraction of sp³-hybridized carbons (Fsp3) is 0.882. The molecule has 0 rings (SSSR count). The zero-order valence-corrected chi connectivity index (χ0v) is 14.9. The summed E-state index contributed by atoms with van der Waals surface area (Å²) < 4.78 is 15.2. The lowest BCUT2D eigenvalue weighted by Gasteiger charge is -2.23. The summed E-state index contributed by atoms with van der Waals surface area (Å²) >= 11 is 0. The van der Waals surface area contributed by atoms with Crippen LogP contribution in [0.4, 0.5) is 0 Å². The highest BCUT2D eigenvalue weighted by molar-refractivity contribution is 7.84. The molecule has 1 N–H and O–H groups in total. The first kappa shape index (κ1) is 19.9. The van der Waals surface area contributed by atoms with Crippen LogP contribution in [0.1, 0.15) is 85.5 Å². The Morgan fingerprint density at radius 1 is 1.10 bits per heavy atom. The van der Waals surface area contributed by atoms with E-state index < -0.39 is 11.0 Å². The molecule has 0 radical (unpaired) electrons. The van der Waals surface area contributed by atoms with Crippen LogP contribution < -0.4 is 4.72 Å². The molecule has 120 valence electrons. The zero-order valence-electron chi connectivity index (χ0n) is 14.0. The second-order valence-corrected chi connectivity index (χ2v) is 8.63. The van der Waals surface area contributed by atoms with Gasteiger partial charge in [-0.2, -0.15) is 0 Å². The first-order chi connectivity index (χ1) is 9.41. The normalized spacial score (nSPS) is 15.0. The maximum absolute atomic E-state index is 12.1. The predicted octanol–water partition coefficient (Wildman–Crippen LogP) is 5.12. The van der Waals surface area contributed by atoms with Crippen molar-refractivity contribution in [2.75, 3.05) is 0 Å². The highest BCUT2D eigenvalue weighted by Crippen LogP contribution is 2.14. The van der Waals surface area contributed by atoms with Crippen LogP contribution in [0.25, 0.3) is 0 Å². The average molecular weight is 302 g/mol. The lowest BCUT2D eigenvalue weighted by atomic mass is 10.0. The van der Waals surface area contributed by atoms with Crippen LogP contribution in [-0.4, -0.2) is 15.0 Å². The second kappa shape index (κ2) is 11.5. The average Bonchev–Trinajstić information content (AvgIpc) is 2.36. The minimum Gasteiger partial charge on any atom is -0.242 e. The first-order valence-corrected chi connectivity index (χ1v) is 9.35. The number of unbranched alkanes of at least 4 members (excludes halogenated alkanes) is 6. The molecule has 0 spiro atoms. The minimum absolute atomic E-state index is 0.195. The van der Waals surface area contributed by atoms with E-state index in [2.05, 4.69) is 18.2 Å². The molecule has 0 aromatic carbocycles. The minimum atomic E-state index is -0.978. The van der Waals surface area contributed by atoms with E-state index in [0.29, 0.717) is 6.04 Å². The Hall–Kier alpha value is -0.150. The fourth-order valence-electron chi connectivity index (χ4n) is 2.10. The van der Waals surface area contributed by atoms with Crippen LogP contribution in [0.15, 0.2) is 12.7 Å². The summed E-state index contributed by atoms with van der Waals surface area (Å²) in [5.74, 6) is 0. The molecule has 0 aromatic rings. The van der Waals surface area contributed by atoms with E-state index in [0.717, 1.165) is 12.8 Å². The van der Waals surface area contributed by atoms with Gasteiger partial charge in [-0.05, 0) is 33.6 Å². The van der Waals surface area contributed by atoms with E-state index in [9.17, 15) is 4.21 Å². The van der Waals surface area contributed by atoms with Crippen molar-refractivity contribution >= 4 is 11.0 Å².